The molecule has 2 aromatic carbocycles. The van der Waals surface area contributed by atoms with Crippen molar-refractivity contribution in [3.8, 4) is 11.5 Å². The van der Waals surface area contributed by atoms with E-state index in [9.17, 15) is 9.18 Å². The Bertz CT molecular complexity index is 651. The number of rotatable bonds is 5. The fraction of sp³-hybridized carbons (Fsp3) is 0.188. The van der Waals surface area contributed by atoms with Crippen LogP contribution in [-0.4, -0.2) is 20.5 Å². The van der Waals surface area contributed by atoms with E-state index in [1.807, 2.05) is 0 Å². The van der Waals surface area contributed by atoms with Gasteiger partial charge in [0, 0.05) is 22.6 Å². The van der Waals surface area contributed by atoms with Gasteiger partial charge in [0.15, 0.2) is 6.29 Å². The quantitative estimate of drug-likeness (QED) is 0.786. The van der Waals surface area contributed by atoms with Crippen LogP contribution in [0.2, 0.25) is 5.02 Å². The second-order valence-corrected chi connectivity index (χ2v) is 4.77. The van der Waals surface area contributed by atoms with E-state index in [2.05, 4.69) is 0 Å². The molecular formula is C16H14ClFO3. The van der Waals surface area contributed by atoms with E-state index in [0.717, 1.165) is 0 Å². The first-order valence-electron chi connectivity index (χ1n) is 6.24. The summed E-state index contributed by atoms with van der Waals surface area (Å²) in [5, 5.41) is 0.315. The molecule has 0 amide bonds. The predicted molar refractivity (Wildman–Crippen MR) is 79.1 cm³/mol. The van der Waals surface area contributed by atoms with Crippen LogP contribution in [0.5, 0.6) is 11.5 Å². The smallest absolute Gasteiger partial charge is 0.153 e. The Hall–Kier alpha value is -2.07. The molecule has 0 spiro atoms. The molecule has 2 aromatic rings. The number of ether oxygens (including phenoxy) is 2. The maximum absolute atomic E-state index is 14.0. The molecule has 21 heavy (non-hydrogen) atoms. The monoisotopic (exact) mass is 308 g/mol. The van der Waals surface area contributed by atoms with Gasteiger partial charge in [-0.05, 0) is 24.3 Å². The number of carbonyl (C=O) groups is 1. The number of halogens is 2. The lowest BCUT2D eigenvalue weighted by molar-refractivity contribution is 0.112. The summed E-state index contributed by atoms with van der Waals surface area (Å²) in [5.41, 5.74) is 1.29. The zero-order chi connectivity index (χ0) is 15.4. The summed E-state index contributed by atoms with van der Waals surface area (Å²) in [6, 6.07) is 7.73. The van der Waals surface area contributed by atoms with Crippen molar-refractivity contribution in [3.05, 3.63) is 57.9 Å². The van der Waals surface area contributed by atoms with Crippen LogP contribution in [0.15, 0.2) is 30.3 Å². The molecule has 110 valence electrons. The molecular weight excluding hydrogens is 295 g/mol. The number of benzene rings is 2. The molecule has 2 rings (SSSR count). The van der Waals surface area contributed by atoms with Gasteiger partial charge in [0.25, 0.3) is 0 Å². The van der Waals surface area contributed by atoms with Gasteiger partial charge >= 0.3 is 0 Å². The van der Waals surface area contributed by atoms with Crippen molar-refractivity contribution in [2.75, 3.05) is 14.2 Å². The fourth-order valence-corrected chi connectivity index (χ4v) is 2.43. The normalized spacial score (nSPS) is 10.3. The molecule has 0 atom stereocenters. The topological polar surface area (TPSA) is 35.5 Å². The van der Waals surface area contributed by atoms with Crippen LogP contribution in [0.25, 0.3) is 0 Å². The molecule has 0 bridgehead atoms. The molecule has 0 fully saturated rings. The molecule has 0 heterocycles. The van der Waals surface area contributed by atoms with E-state index in [1.165, 1.54) is 26.4 Å². The van der Waals surface area contributed by atoms with E-state index in [0.29, 0.717) is 39.5 Å². The lowest BCUT2D eigenvalue weighted by Crippen LogP contribution is -2.03. The highest BCUT2D eigenvalue weighted by Crippen LogP contribution is 2.35. The summed E-state index contributed by atoms with van der Waals surface area (Å²) in [6.07, 6.45) is 0.851. The molecule has 0 N–H and O–H groups in total. The zero-order valence-electron chi connectivity index (χ0n) is 11.7. The molecule has 0 aliphatic carbocycles. The van der Waals surface area contributed by atoms with Gasteiger partial charge in [-0.1, -0.05) is 17.7 Å². The molecule has 3 nitrogen and oxygen atoms in total. The molecule has 0 aliphatic rings. The van der Waals surface area contributed by atoms with Gasteiger partial charge < -0.3 is 9.47 Å². The van der Waals surface area contributed by atoms with Gasteiger partial charge in [-0.25, -0.2) is 4.39 Å². The van der Waals surface area contributed by atoms with Gasteiger partial charge in [-0.3, -0.25) is 4.79 Å². The zero-order valence-corrected chi connectivity index (χ0v) is 12.4. The summed E-state index contributed by atoms with van der Waals surface area (Å²) in [7, 11) is 2.95. The fourth-order valence-electron chi connectivity index (χ4n) is 2.20. The second kappa shape index (κ2) is 6.59. The van der Waals surface area contributed by atoms with Crippen LogP contribution >= 0.6 is 11.6 Å². The van der Waals surface area contributed by atoms with Crippen LogP contribution in [0.4, 0.5) is 4.39 Å². The lowest BCUT2D eigenvalue weighted by Gasteiger charge is -2.15. The number of methoxy groups -OCH3 is 2. The standard InChI is InChI=1S/C16H14ClFO3/c1-20-15-7-6-10(9-19)16(21-2)12(15)8-11-13(17)4-3-5-14(11)18/h3-7,9H,8H2,1-2H3. The summed E-state index contributed by atoms with van der Waals surface area (Å²) < 4.78 is 24.5. The average Bonchev–Trinajstić information content (AvgIpc) is 2.50. The third-order valence-electron chi connectivity index (χ3n) is 3.21. The van der Waals surface area contributed by atoms with E-state index in [4.69, 9.17) is 21.1 Å². The largest absolute Gasteiger partial charge is 0.496 e. The van der Waals surface area contributed by atoms with Gasteiger partial charge in [0.1, 0.15) is 17.3 Å². The van der Waals surface area contributed by atoms with E-state index >= 15 is 0 Å². The summed E-state index contributed by atoms with van der Waals surface area (Å²) in [4.78, 5) is 11.1. The van der Waals surface area contributed by atoms with Crippen LogP contribution in [0, 0.1) is 5.82 Å². The lowest BCUT2D eigenvalue weighted by atomic mass is 10.00. The van der Waals surface area contributed by atoms with Crippen molar-refractivity contribution in [1.82, 2.24) is 0 Å². The van der Waals surface area contributed by atoms with Crippen molar-refractivity contribution >= 4 is 17.9 Å². The molecule has 5 heteroatoms. The van der Waals surface area contributed by atoms with Crippen LogP contribution in [0.1, 0.15) is 21.5 Å². The van der Waals surface area contributed by atoms with Gasteiger partial charge in [-0.2, -0.15) is 0 Å². The van der Waals surface area contributed by atoms with Crippen LogP contribution < -0.4 is 9.47 Å². The first-order valence-corrected chi connectivity index (χ1v) is 6.62. The summed E-state index contributed by atoms with van der Waals surface area (Å²) in [5.74, 6) is 0.462. The van der Waals surface area contributed by atoms with Crippen molar-refractivity contribution in [3.63, 3.8) is 0 Å². The molecule has 0 saturated heterocycles. The highest BCUT2D eigenvalue weighted by molar-refractivity contribution is 6.31. The number of hydrogen-bond donors (Lipinski definition) is 0. The highest BCUT2D eigenvalue weighted by atomic mass is 35.5. The summed E-state index contributed by atoms with van der Waals surface area (Å²) >= 11 is 6.05. The molecule has 0 aliphatic heterocycles. The first kappa shape index (κ1) is 15.3. The molecule has 0 aromatic heterocycles. The predicted octanol–water partition coefficient (Wildman–Crippen LogP) is 3.90. The van der Waals surface area contributed by atoms with Crippen LogP contribution in [0.3, 0.4) is 0 Å². The van der Waals surface area contributed by atoms with Gasteiger partial charge in [0.05, 0.1) is 19.8 Å². The van der Waals surface area contributed by atoms with Crippen LogP contribution in [-0.2, 0) is 6.42 Å². The Balaban J connectivity index is 2.59. The minimum atomic E-state index is -0.414. The van der Waals surface area contributed by atoms with E-state index in [-0.39, 0.29) is 6.42 Å². The maximum atomic E-state index is 14.0. The molecule has 0 unspecified atom stereocenters. The van der Waals surface area contributed by atoms with Crippen molar-refractivity contribution < 1.29 is 18.7 Å². The van der Waals surface area contributed by atoms with E-state index < -0.39 is 5.82 Å². The first-order chi connectivity index (χ1) is 10.1. The van der Waals surface area contributed by atoms with Crippen molar-refractivity contribution in [1.29, 1.82) is 0 Å². The minimum absolute atomic E-state index is 0.166. The van der Waals surface area contributed by atoms with Crippen molar-refractivity contribution in [2.24, 2.45) is 0 Å². The van der Waals surface area contributed by atoms with Gasteiger partial charge in [0.2, 0.25) is 0 Å². The molecule has 0 saturated carbocycles. The van der Waals surface area contributed by atoms with Crippen molar-refractivity contribution in [2.45, 2.75) is 6.42 Å². The highest BCUT2D eigenvalue weighted by Gasteiger charge is 2.18. The Morgan fingerprint density at radius 2 is 1.90 bits per heavy atom. The number of hydrogen-bond acceptors (Lipinski definition) is 3. The van der Waals surface area contributed by atoms with Gasteiger partial charge in [-0.15, -0.1) is 0 Å². The third-order valence-corrected chi connectivity index (χ3v) is 3.57. The minimum Gasteiger partial charge on any atom is -0.496 e. The Morgan fingerprint density at radius 3 is 2.48 bits per heavy atom. The Labute approximate surface area is 127 Å². The molecule has 0 radical (unpaired) electrons. The third kappa shape index (κ3) is 3.00. The SMILES string of the molecule is COc1ccc(C=O)c(OC)c1Cc1c(F)cccc1Cl. The maximum Gasteiger partial charge on any atom is 0.153 e. The second-order valence-electron chi connectivity index (χ2n) is 4.36. The van der Waals surface area contributed by atoms with E-state index in [1.54, 1.807) is 18.2 Å². The Kier molecular flexibility index (Phi) is 4.81. The average molecular weight is 309 g/mol. The summed E-state index contributed by atoms with van der Waals surface area (Å²) in [6.45, 7) is 0. The Morgan fingerprint density at radius 1 is 1.14 bits per heavy atom. The number of carbonyl (C=O) groups excluding carboxylic acids is 1. The number of aldehydes is 1.